The molecule has 0 fully saturated rings. The smallest absolute Gasteiger partial charge is 0.416 e. The first-order valence-electron chi connectivity index (χ1n) is 8.77. The third kappa shape index (κ3) is 5.75. The zero-order chi connectivity index (χ0) is 20.7. The Morgan fingerprint density at radius 2 is 1.76 bits per heavy atom. The molecule has 4 nitrogen and oxygen atoms in total. The van der Waals surface area contributed by atoms with E-state index in [1.165, 1.54) is 19.2 Å². The van der Waals surface area contributed by atoms with Gasteiger partial charge in [-0.3, -0.25) is 5.43 Å². The fourth-order valence-electron chi connectivity index (χ4n) is 2.61. The van der Waals surface area contributed by atoms with Crippen molar-refractivity contribution in [1.29, 1.82) is 0 Å². The summed E-state index contributed by atoms with van der Waals surface area (Å²) in [5, 5.41) is 4.18. The van der Waals surface area contributed by atoms with Gasteiger partial charge in [0.25, 0.3) is 0 Å². The lowest BCUT2D eigenvalue weighted by atomic mass is 10.1. The highest BCUT2D eigenvalue weighted by molar-refractivity contribution is 5.81. The van der Waals surface area contributed by atoms with Crippen LogP contribution in [-0.2, 0) is 12.8 Å². The minimum atomic E-state index is -4.42. The third-order valence-corrected chi connectivity index (χ3v) is 4.04. The van der Waals surface area contributed by atoms with Crippen LogP contribution in [-0.4, -0.2) is 13.3 Å². The molecule has 0 aromatic heterocycles. The molecular weight excluding hydrogens is 381 g/mol. The first-order chi connectivity index (χ1) is 14.0. The number of methoxy groups -OCH3 is 1. The van der Waals surface area contributed by atoms with Gasteiger partial charge in [0, 0.05) is 5.56 Å². The monoisotopic (exact) mass is 400 g/mol. The summed E-state index contributed by atoms with van der Waals surface area (Å²) in [7, 11) is 1.52. The lowest BCUT2D eigenvalue weighted by Gasteiger charge is -2.13. The van der Waals surface area contributed by atoms with Gasteiger partial charge in [0.05, 0.1) is 24.6 Å². The number of hydrogen-bond donors (Lipinski definition) is 1. The number of para-hydroxylation sites is 1. The number of rotatable bonds is 7. The van der Waals surface area contributed by atoms with Crippen molar-refractivity contribution in [2.24, 2.45) is 5.10 Å². The average Bonchev–Trinajstić information content (AvgIpc) is 2.73. The van der Waals surface area contributed by atoms with Gasteiger partial charge in [-0.1, -0.05) is 24.3 Å². The van der Waals surface area contributed by atoms with Gasteiger partial charge in [0.2, 0.25) is 0 Å². The fourth-order valence-corrected chi connectivity index (χ4v) is 2.61. The molecule has 1 N–H and O–H groups in total. The van der Waals surface area contributed by atoms with E-state index in [-0.39, 0.29) is 12.4 Å². The minimum absolute atomic E-state index is 0.0538. The molecule has 0 amide bonds. The molecule has 0 atom stereocenters. The van der Waals surface area contributed by atoms with Gasteiger partial charge in [-0.25, -0.2) is 0 Å². The Morgan fingerprint density at radius 1 is 0.966 bits per heavy atom. The zero-order valence-corrected chi connectivity index (χ0v) is 15.6. The molecule has 0 aliphatic rings. The maximum atomic E-state index is 12.8. The van der Waals surface area contributed by atoms with E-state index in [1.807, 2.05) is 42.5 Å². The molecule has 29 heavy (non-hydrogen) atoms. The van der Waals surface area contributed by atoms with Crippen LogP contribution >= 0.6 is 0 Å². The number of ether oxygens (including phenoxy) is 2. The Balaban J connectivity index is 1.71. The van der Waals surface area contributed by atoms with E-state index in [1.54, 1.807) is 12.3 Å². The van der Waals surface area contributed by atoms with Crippen molar-refractivity contribution in [2.75, 3.05) is 12.5 Å². The topological polar surface area (TPSA) is 42.8 Å². The maximum Gasteiger partial charge on any atom is 0.416 e. The second-order valence-electron chi connectivity index (χ2n) is 6.12. The molecule has 0 aliphatic carbocycles. The van der Waals surface area contributed by atoms with Crippen molar-refractivity contribution in [3.63, 3.8) is 0 Å². The maximum absolute atomic E-state index is 12.8. The molecule has 7 heteroatoms. The Bertz CT molecular complexity index is 973. The van der Waals surface area contributed by atoms with Crippen molar-refractivity contribution in [3.05, 3.63) is 89.5 Å². The quantitative estimate of drug-likeness (QED) is 0.406. The van der Waals surface area contributed by atoms with Crippen LogP contribution in [0.15, 0.2) is 77.9 Å². The van der Waals surface area contributed by atoms with Crippen molar-refractivity contribution in [3.8, 4) is 11.5 Å². The van der Waals surface area contributed by atoms with Crippen molar-refractivity contribution < 1.29 is 22.6 Å². The van der Waals surface area contributed by atoms with Crippen LogP contribution < -0.4 is 14.9 Å². The molecule has 3 rings (SSSR count). The van der Waals surface area contributed by atoms with Gasteiger partial charge in [0.1, 0.15) is 18.1 Å². The van der Waals surface area contributed by atoms with Crippen LogP contribution in [0.5, 0.6) is 11.5 Å². The summed E-state index contributed by atoms with van der Waals surface area (Å²) in [5.41, 5.74) is 4.49. The van der Waals surface area contributed by atoms with Crippen LogP contribution in [0.2, 0.25) is 0 Å². The molecular formula is C22H19F3N2O2. The van der Waals surface area contributed by atoms with E-state index in [0.717, 1.165) is 23.4 Å². The highest BCUT2D eigenvalue weighted by Crippen LogP contribution is 2.31. The summed E-state index contributed by atoms with van der Waals surface area (Å²) >= 11 is 0. The predicted molar refractivity (Wildman–Crippen MR) is 106 cm³/mol. The molecule has 0 radical (unpaired) electrons. The average molecular weight is 400 g/mol. The van der Waals surface area contributed by atoms with Gasteiger partial charge in [-0.05, 0) is 54.1 Å². The molecule has 3 aromatic carbocycles. The van der Waals surface area contributed by atoms with Gasteiger partial charge in [0.15, 0.2) is 0 Å². The van der Waals surface area contributed by atoms with Crippen LogP contribution in [0.4, 0.5) is 18.9 Å². The summed E-state index contributed by atoms with van der Waals surface area (Å²) < 4.78 is 49.4. The van der Waals surface area contributed by atoms with E-state index in [4.69, 9.17) is 9.47 Å². The number of alkyl halides is 3. The van der Waals surface area contributed by atoms with Crippen LogP contribution in [0.3, 0.4) is 0 Å². The lowest BCUT2D eigenvalue weighted by molar-refractivity contribution is -0.137. The molecule has 0 unspecified atom stereocenters. The highest BCUT2D eigenvalue weighted by atomic mass is 19.4. The van der Waals surface area contributed by atoms with E-state index in [0.29, 0.717) is 11.3 Å². The molecule has 0 saturated carbocycles. The number of nitrogens with zero attached hydrogens (tertiary/aromatic N) is 1. The first kappa shape index (κ1) is 20.3. The molecule has 3 aromatic rings. The predicted octanol–water partition coefficient (Wildman–Crippen LogP) is 5.74. The molecule has 0 aliphatic heterocycles. The summed E-state index contributed by atoms with van der Waals surface area (Å²) in [6, 6.07) is 19.6. The molecule has 0 bridgehead atoms. The van der Waals surface area contributed by atoms with Crippen molar-refractivity contribution in [1.82, 2.24) is 0 Å². The Morgan fingerprint density at radius 3 is 2.48 bits per heavy atom. The van der Waals surface area contributed by atoms with Gasteiger partial charge < -0.3 is 9.47 Å². The molecule has 0 saturated heterocycles. The SMILES string of the molecule is COc1ccc(C=NNc2ccccc2)cc1COc1cccc(C(F)(F)F)c1. The number of hydrazone groups is 1. The highest BCUT2D eigenvalue weighted by Gasteiger charge is 2.30. The summed E-state index contributed by atoms with van der Waals surface area (Å²) in [6.07, 6.45) is -2.78. The summed E-state index contributed by atoms with van der Waals surface area (Å²) in [4.78, 5) is 0. The van der Waals surface area contributed by atoms with E-state index >= 15 is 0 Å². The summed E-state index contributed by atoms with van der Waals surface area (Å²) in [5.74, 6) is 0.705. The van der Waals surface area contributed by atoms with E-state index < -0.39 is 11.7 Å². The molecule has 0 heterocycles. The van der Waals surface area contributed by atoms with E-state index in [9.17, 15) is 13.2 Å². The first-order valence-corrected chi connectivity index (χ1v) is 8.77. The lowest BCUT2D eigenvalue weighted by Crippen LogP contribution is -2.05. The molecule has 0 spiro atoms. The van der Waals surface area contributed by atoms with Gasteiger partial charge in [-0.15, -0.1) is 0 Å². The zero-order valence-electron chi connectivity index (χ0n) is 15.6. The van der Waals surface area contributed by atoms with Crippen molar-refractivity contribution in [2.45, 2.75) is 12.8 Å². The Hall–Kier alpha value is -3.48. The standard InChI is InChI=1S/C22H19F3N2O2/c1-28-21-11-10-16(14-26-27-19-7-3-2-4-8-19)12-17(21)15-29-20-9-5-6-18(13-20)22(23,24)25/h2-14,27H,15H2,1H3. The third-order valence-electron chi connectivity index (χ3n) is 4.04. The summed E-state index contributed by atoms with van der Waals surface area (Å²) in [6.45, 7) is 0.0538. The van der Waals surface area contributed by atoms with Gasteiger partial charge >= 0.3 is 6.18 Å². The number of hydrogen-bond acceptors (Lipinski definition) is 4. The number of benzene rings is 3. The normalized spacial score (nSPS) is 11.4. The van der Waals surface area contributed by atoms with Gasteiger partial charge in [-0.2, -0.15) is 18.3 Å². The Kier molecular flexibility index (Phi) is 6.39. The number of anilines is 1. The number of halogens is 3. The number of nitrogens with one attached hydrogen (secondary N) is 1. The fraction of sp³-hybridized carbons (Fsp3) is 0.136. The van der Waals surface area contributed by atoms with Crippen LogP contribution in [0, 0.1) is 0 Å². The largest absolute Gasteiger partial charge is 0.496 e. The Labute approximate surface area is 166 Å². The minimum Gasteiger partial charge on any atom is -0.496 e. The van der Waals surface area contributed by atoms with Crippen LogP contribution in [0.1, 0.15) is 16.7 Å². The molecule has 150 valence electrons. The van der Waals surface area contributed by atoms with Crippen LogP contribution in [0.25, 0.3) is 0 Å². The second-order valence-corrected chi connectivity index (χ2v) is 6.12. The van der Waals surface area contributed by atoms with E-state index in [2.05, 4.69) is 10.5 Å². The second kappa shape index (κ2) is 9.14. The van der Waals surface area contributed by atoms with Crippen molar-refractivity contribution >= 4 is 11.9 Å².